The van der Waals surface area contributed by atoms with Crippen LogP contribution in [0.3, 0.4) is 0 Å². The second-order valence-electron chi connectivity index (χ2n) is 8.65. The van der Waals surface area contributed by atoms with Gasteiger partial charge in [-0.2, -0.15) is 23.5 Å². The van der Waals surface area contributed by atoms with Crippen molar-refractivity contribution in [2.24, 2.45) is 7.05 Å². The lowest BCUT2D eigenvalue weighted by Crippen LogP contribution is -2.40. The van der Waals surface area contributed by atoms with Gasteiger partial charge in [0.25, 0.3) is 0 Å². The van der Waals surface area contributed by atoms with Crippen LogP contribution < -0.4 is 15.4 Å². The minimum atomic E-state index is -4.50. The van der Waals surface area contributed by atoms with Crippen molar-refractivity contribution in [2.45, 2.75) is 18.7 Å². The monoisotopic (exact) mass is 520 g/mol. The van der Waals surface area contributed by atoms with E-state index < -0.39 is 11.9 Å². The van der Waals surface area contributed by atoms with Crippen molar-refractivity contribution in [3.63, 3.8) is 0 Å². The van der Waals surface area contributed by atoms with Gasteiger partial charge in [0.1, 0.15) is 6.10 Å². The number of nitrogens with one attached hydrogen (secondary N) is 2. The largest absolute Gasteiger partial charge is 0.470 e. The molecule has 2 aromatic carbocycles. The molecule has 1 aliphatic rings. The molecule has 1 aliphatic heterocycles. The van der Waals surface area contributed by atoms with E-state index in [9.17, 15) is 13.2 Å². The number of aryl methyl sites for hydroxylation is 1. The molecule has 4 aromatic rings. The number of aromatic nitrogens is 3. The first-order valence-corrected chi connectivity index (χ1v) is 12.1. The zero-order chi connectivity index (χ0) is 27.0. The number of ether oxygens (including phenoxy) is 1. The van der Waals surface area contributed by atoms with E-state index in [4.69, 9.17) is 10.00 Å². The van der Waals surface area contributed by atoms with Crippen molar-refractivity contribution >= 4 is 5.69 Å². The van der Waals surface area contributed by atoms with Gasteiger partial charge in [-0.3, -0.25) is 4.68 Å². The standard InChI is InChI=1S/C22H21F3N6O.C6H6/c1-31-19(9-20(30-31)22(23,24)25)16-8-18-21(29-11-16)32-17(13-28-18)12-27-7-6-14-2-4-15(10-26)5-3-14;1-2-4-6-5-3-1/h2-5,8-9,11,17,27-28H,6-7,12-13H2,1H3;1-6H. The van der Waals surface area contributed by atoms with E-state index in [-0.39, 0.29) is 6.10 Å². The van der Waals surface area contributed by atoms with Gasteiger partial charge in [-0.1, -0.05) is 48.5 Å². The molecule has 0 saturated carbocycles. The van der Waals surface area contributed by atoms with Crippen molar-refractivity contribution in [1.82, 2.24) is 20.1 Å². The second-order valence-corrected chi connectivity index (χ2v) is 8.65. The Morgan fingerprint density at radius 3 is 2.39 bits per heavy atom. The number of hydrogen-bond acceptors (Lipinski definition) is 6. The predicted octanol–water partition coefficient (Wildman–Crippen LogP) is 5.06. The van der Waals surface area contributed by atoms with Crippen LogP contribution in [-0.4, -0.2) is 40.5 Å². The maximum atomic E-state index is 12.9. The minimum Gasteiger partial charge on any atom is -0.470 e. The highest BCUT2D eigenvalue weighted by Crippen LogP contribution is 2.34. The van der Waals surface area contributed by atoms with Crippen LogP contribution in [0.15, 0.2) is 79.0 Å². The fourth-order valence-electron chi connectivity index (χ4n) is 3.85. The van der Waals surface area contributed by atoms with E-state index in [1.807, 2.05) is 48.5 Å². The van der Waals surface area contributed by atoms with Crippen LogP contribution >= 0.6 is 0 Å². The Kier molecular flexibility index (Phi) is 8.61. The van der Waals surface area contributed by atoms with Gasteiger partial charge >= 0.3 is 6.18 Å². The summed E-state index contributed by atoms with van der Waals surface area (Å²) < 4.78 is 45.9. The third kappa shape index (κ3) is 7.11. The quantitative estimate of drug-likeness (QED) is 0.346. The van der Waals surface area contributed by atoms with Crippen LogP contribution in [0.1, 0.15) is 16.8 Å². The number of nitrogens with zero attached hydrogens (tertiary/aromatic N) is 4. The maximum absolute atomic E-state index is 12.9. The predicted molar refractivity (Wildman–Crippen MR) is 139 cm³/mol. The molecule has 38 heavy (non-hydrogen) atoms. The van der Waals surface area contributed by atoms with E-state index in [0.29, 0.717) is 41.5 Å². The second kappa shape index (κ2) is 12.3. The summed E-state index contributed by atoms with van der Waals surface area (Å²) in [6, 6.07) is 24.3. The Bertz CT molecular complexity index is 1340. The van der Waals surface area contributed by atoms with Crippen LogP contribution in [0.2, 0.25) is 0 Å². The number of nitriles is 1. The first-order valence-electron chi connectivity index (χ1n) is 12.1. The number of rotatable bonds is 6. The number of fused-ring (bicyclic) bond motifs is 1. The normalized spacial score (nSPS) is 14.2. The molecule has 0 spiro atoms. The Hall–Kier alpha value is -4.36. The first-order chi connectivity index (χ1) is 18.3. The number of alkyl halides is 3. The molecule has 7 nitrogen and oxygen atoms in total. The molecule has 0 bridgehead atoms. The lowest BCUT2D eigenvalue weighted by atomic mass is 10.1. The molecule has 0 fully saturated rings. The van der Waals surface area contributed by atoms with Crippen molar-refractivity contribution in [1.29, 1.82) is 5.26 Å². The summed E-state index contributed by atoms with van der Waals surface area (Å²) in [7, 11) is 1.47. The van der Waals surface area contributed by atoms with Crippen molar-refractivity contribution in [3.05, 3.63) is 95.8 Å². The average Bonchev–Trinajstić information content (AvgIpc) is 3.34. The molecule has 1 atom stereocenters. The molecule has 0 radical (unpaired) electrons. The van der Waals surface area contributed by atoms with Gasteiger partial charge in [0.15, 0.2) is 5.69 Å². The molecular weight excluding hydrogens is 493 g/mol. The molecule has 0 amide bonds. The van der Waals surface area contributed by atoms with E-state index >= 15 is 0 Å². The number of benzene rings is 2. The highest BCUT2D eigenvalue weighted by molar-refractivity contribution is 5.68. The summed E-state index contributed by atoms with van der Waals surface area (Å²) in [4.78, 5) is 4.29. The first kappa shape index (κ1) is 26.7. The van der Waals surface area contributed by atoms with E-state index in [1.165, 1.54) is 17.9 Å². The molecule has 1 unspecified atom stereocenters. The Balaban J connectivity index is 0.000000494. The molecule has 5 rings (SSSR count). The fraction of sp³-hybridized carbons (Fsp3) is 0.250. The van der Waals surface area contributed by atoms with Crippen molar-refractivity contribution in [2.75, 3.05) is 25.0 Å². The highest BCUT2D eigenvalue weighted by atomic mass is 19.4. The molecule has 0 aliphatic carbocycles. The van der Waals surface area contributed by atoms with Gasteiger partial charge in [0.2, 0.25) is 5.88 Å². The smallest absolute Gasteiger partial charge is 0.435 e. The zero-order valence-corrected chi connectivity index (χ0v) is 20.7. The van der Waals surface area contributed by atoms with Crippen LogP contribution in [0.4, 0.5) is 18.9 Å². The molecule has 196 valence electrons. The Labute approximate surface area is 218 Å². The van der Waals surface area contributed by atoms with E-state index in [1.54, 1.807) is 18.2 Å². The van der Waals surface area contributed by atoms with Gasteiger partial charge in [-0.25, -0.2) is 4.98 Å². The molecule has 3 heterocycles. The summed E-state index contributed by atoms with van der Waals surface area (Å²) in [6.45, 7) is 1.91. The summed E-state index contributed by atoms with van der Waals surface area (Å²) in [5.41, 5.74) is 2.31. The minimum absolute atomic E-state index is 0.129. The van der Waals surface area contributed by atoms with Crippen LogP contribution in [0.25, 0.3) is 11.3 Å². The topological polar surface area (TPSA) is 87.8 Å². The summed E-state index contributed by atoms with van der Waals surface area (Å²) >= 11 is 0. The third-order valence-corrected chi connectivity index (χ3v) is 5.83. The maximum Gasteiger partial charge on any atom is 0.435 e. The van der Waals surface area contributed by atoms with Gasteiger partial charge in [-0.15, -0.1) is 0 Å². The summed E-state index contributed by atoms with van der Waals surface area (Å²) in [5.74, 6) is 0.414. The third-order valence-electron chi connectivity index (χ3n) is 5.83. The van der Waals surface area contributed by atoms with Crippen molar-refractivity contribution < 1.29 is 17.9 Å². The number of halogens is 3. The molecular formula is C28H27F3N6O. The molecule has 0 saturated heterocycles. The summed E-state index contributed by atoms with van der Waals surface area (Å²) in [6.07, 6.45) is -2.32. The fourth-order valence-corrected chi connectivity index (χ4v) is 3.85. The van der Waals surface area contributed by atoms with Gasteiger partial charge in [-0.05, 0) is 42.8 Å². The number of pyridine rings is 1. The van der Waals surface area contributed by atoms with Crippen LogP contribution in [-0.2, 0) is 19.6 Å². The lowest BCUT2D eigenvalue weighted by molar-refractivity contribution is -0.141. The number of anilines is 1. The van der Waals surface area contributed by atoms with Gasteiger partial charge in [0, 0.05) is 25.4 Å². The molecule has 2 aromatic heterocycles. The summed E-state index contributed by atoms with van der Waals surface area (Å²) in [5, 5.41) is 19.0. The highest BCUT2D eigenvalue weighted by Gasteiger charge is 2.35. The van der Waals surface area contributed by atoms with Crippen molar-refractivity contribution in [3.8, 4) is 23.2 Å². The van der Waals surface area contributed by atoms with E-state index in [0.717, 1.165) is 24.6 Å². The lowest BCUT2D eigenvalue weighted by Gasteiger charge is -2.27. The average molecular weight is 521 g/mol. The zero-order valence-electron chi connectivity index (χ0n) is 20.7. The Morgan fingerprint density at radius 2 is 1.79 bits per heavy atom. The SMILES string of the molecule is Cn1nc(C(F)(F)F)cc1-c1cnc2c(c1)NCC(CNCCc1ccc(C#N)cc1)O2.c1ccccc1. The van der Waals surface area contributed by atoms with Gasteiger partial charge in [0.05, 0.1) is 29.6 Å². The molecule has 10 heteroatoms. The van der Waals surface area contributed by atoms with Crippen LogP contribution in [0.5, 0.6) is 5.88 Å². The molecule has 2 N–H and O–H groups in total. The Morgan fingerprint density at radius 1 is 1.11 bits per heavy atom. The van der Waals surface area contributed by atoms with Crippen LogP contribution in [0, 0.1) is 11.3 Å². The van der Waals surface area contributed by atoms with E-state index in [2.05, 4.69) is 26.8 Å². The van der Waals surface area contributed by atoms with Gasteiger partial charge < -0.3 is 15.4 Å². The number of hydrogen-bond donors (Lipinski definition) is 2.